The van der Waals surface area contributed by atoms with Crippen LogP contribution in [0.1, 0.15) is 24.0 Å². The molecule has 0 radical (unpaired) electrons. The monoisotopic (exact) mass is 251 g/mol. The molecule has 1 heterocycles. The SMILES string of the molecule is Cc1ccc(SCC2(O)CCNCC2)cc1C. The summed E-state index contributed by atoms with van der Waals surface area (Å²) < 4.78 is 0. The van der Waals surface area contributed by atoms with Gasteiger partial charge in [-0.2, -0.15) is 0 Å². The Balaban J connectivity index is 1.94. The second kappa shape index (κ2) is 5.42. The van der Waals surface area contributed by atoms with Crippen molar-refractivity contribution in [1.29, 1.82) is 0 Å². The van der Waals surface area contributed by atoms with Gasteiger partial charge in [0.1, 0.15) is 0 Å². The van der Waals surface area contributed by atoms with Crippen molar-refractivity contribution in [2.24, 2.45) is 0 Å². The van der Waals surface area contributed by atoms with Gasteiger partial charge in [-0.25, -0.2) is 0 Å². The molecule has 2 nitrogen and oxygen atoms in total. The Kier molecular flexibility index (Phi) is 4.13. The Bertz CT molecular complexity index is 386. The highest BCUT2D eigenvalue weighted by atomic mass is 32.2. The first-order valence-corrected chi connectivity index (χ1v) is 7.21. The first-order chi connectivity index (χ1) is 8.09. The van der Waals surface area contributed by atoms with E-state index < -0.39 is 5.60 Å². The molecule has 0 spiro atoms. The fraction of sp³-hybridized carbons (Fsp3) is 0.571. The summed E-state index contributed by atoms with van der Waals surface area (Å²) in [6, 6.07) is 6.52. The van der Waals surface area contributed by atoms with E-state index in [1.165, 1.54) is 16.0 Å². The molecule has 1 saturated heterocycles. The minimum absolute atomic E-state index is 0.477. The standard InChI is InChI=1S/C14H21NOS/c1-11-3-4-13(9-12(11)2)17-10-14(16)5-7-15-8-6-14/h3-4,9,15-16H,5-8,10H2,1-2H3. The van der Waals surface area contributed by atoms with Crippen LogP contribution in [0.5, 0.6) is 0 Å². The minimum Gasteiger partial charge on any atom is -0.389 e. The van der Waals surface area contributed by atoms with Gasteiger partial charge in [0.15, 0.2) is 0 Å². The van der Waals surface area contributed by atoms with Crippen molar-refractivity contribution in [2.75, 3.05) is 18.8 Å². The van der Waals surface area contributed by atoms with Crippen LogP contribution in [0.4, 0.5) is 0 Å². The number of aliphatic hydroxyl groups is 1. The fourth-order valence-corrected chi connectivity index (χ4v) is 3.21. The lowest BCUT2D eigenvalue weighted by Gasteiger charge is -2.32. The molecule has 0 amide bonds. The summed E-state index contributed by atoms with van der Waals surface area (Å²) >= 11 is 1.77. The second-order valence-electron chi connectivity index (χ2n) is 5.01. The van der Waals surface area contributed by atoms with E-state index in [1.54, 1.807) is 11.8 Å². The number of piperidine rings is 1. The van der Waals surface area contributed by atoms with Crippen LogP contribution in [-0.2, 0) is 0 Å². The number of nitrogens with one attached hydrogen (secondary N) is 1. The maximum Gasteiger partial charge on any atom is 0.0765 e. The molecule has 2 N–H and O–H groups in total. The second-order valence-corrected chi connectivity index (χ2v) is 6.06. The lowest BCUT2D eigenvalue weighted by molar-refractivity contribution is 0.0339. The van der Waals surface area contributed by atoms with E-state index in [0.717, 1.165) is 31.7 Å². The van der Waals surface area contributed by atoms with E-state index in [9.17, 15) is 5.11 Å². The largest absolute Gasteiger partial charge is 0.389 e. The number of hydrogen-bond donors (Lipinski definition) is 2. The zero-order valence-corrected chi connectivity index (χ0v) is 11.4. The Hall–Kier alpha value is -0.510. The van der Waals surface area contributed by atoms with Crippen LogP contribution < -0.4 is 5.32 Å². The third-order valence-electron chi connectivity index (χ3n) is 3.52. The maximum absolute atomic E-state index is 10.4. The van der Waals surface area contributed by atoms with Gasteiger partial charge in [0.25, 0.3) is 0 Å². The molecule has 1 aromatic carbocycles. The molecule has 1 aromatic rings. The Morgan fingerprint density at radius 3 is 2.59 bits per heavy atom. The molecule has 0 aromatic heterocycles. The molecule has 2 rings (SSSR count). The van der Waals surface area contributed by atoms with Gasteiger partial charge in [0.05, 0.1) is 5.60 Å². The predicted octanol–water partition coefficient (Wildman–Crippen LogP) is 2.51. The average Bonchev–Trinajstić information content (AvgIpc) is 2.32. The van der Waals surface area contributed by atoms with Crippen LogP contribution in [0.3, 0.4) is 0 Å². The lowest BCUT2D eigenvalue weighted by Crippen LogP contribution is -2.43. The predicted molar refractivity (Wildman–Crippen MR) is 73.7 cm³/mol. The van der Waals surface area contributed by atoms with E-state index >= 15 is 0 Å². The number of benzene rings is 1. The first kappa shape index (κ1) is 12.9. The first-order valence-electron chi connectivity index (χ1n) is 6.22. The molecule has 0 unspecified atom stereocenters. The summed E-state index contributed by atoms with van der Waals surface area (Å²) in [6.45, 7) is 6.14. The van der Waals surface area contributed by atoms with Crippen LogP contribution in [0, 0.1) is 13.8 Å². The van der Waals surface area contributed by atoms with E-state index in [2.05, 4.69) is 37.4 Å². The highest BCUT2D eigenvalue weighted by Gasteiger charge is 2.28. The molecular weight excluding hydrogens is 230 g/mol. The van der Waals surface area contributed by atoms with Crippen LogP contribution in [0.25, 0.3) is 0 Å². The van der Waals surface area contributed by atoms with Crippen LogP contribution >= 0.6 is 11.8 Å². The Morgan fingerprint density at radius 2 is 1.94 bits per heavy atom. The van der Waals surface area contributed by atoms with Crippen LogP contribution in [0.15, 0.2) is 23.1 Å². The van der Waals surface area contributed by atoms with Gasteiger partial charge in [-0.1, -0.05) is 6.07 Å². The van der Waals surface area contributed by atoms with Crippen molar-refractivity contribution < 1.29 is 5.11 Å². The van der Waals surface area contributed by atoms with Crippen molar-refractivity contribution >= 4 is 11.8 Å². The van der Waals surface area contributed by atoms with Crippen molar-refractivity contribution in [3.05, 3.63) is 29.3 Å². The molecule has 0 saturated carbocycles. The maximum atomic E-state index is 10.4. The van der Waals surface area contributed by atoms with Gasteiger partial charge in [-0.05, 0) is 63.0 Å². The van der Waals surface area contributed by atoms with Gasteiger partial charge < -0.3 is 10.4 Å². The number of hydrogen-bond acceptors (Lipinski definition) is 3. The number of aryl methyl sites for hydroxylation is 2. The van der Waals surface area contributed by atoms with Crippen molar-refractivity contribution in [2.45, 2.75) is 37.2 Å². The quantitative estimate of drug-likeness (QED) is 0.810. The average molecular weight is 251 g/mol. The number of rotatable bonds is 3. The highest BCUT2D eigenvalue weighted by Crippen LogP contribution is 2.29. The molecular formula is C14H21NOS. The van der Waals surface area contributed by atoms with Gasteiger partial charge in [-0.15, -0.1) is 11.8 Å². The third-order valence-corrected chi connectivity index (χ3v) is 4.79. The minimum atomic E-state index is -0.477. The molecule has 0 atom stereocenters. The van der Waals surface area contributed by atoms with Crippen molar-refractivity contribution in [3.63, 3.8) is 0 Å². The Labute approximate surface area is 108 Å². The highest BCUT2D eigenvalue weighted by molar-refractivity contribution is 7.99. The zero-order valence-electron chi connectivity index (χ0n) is 10.6. The van der Waals surface area contributed by atoms with E-state index in [0.29, 0.717) is 0 Å². The molecule has 1 aliphatic heterocycles. The summed E-state index contributed by atoms with van der Waals surface area (Å²) in [6.07, 6.45) is 1.73. The van der Waals surface area contributed by atoms with Crippen molar-refractivity contribution in [3.8, 4) is 0 Å². The fourth-order valence-electron chi connectivity index (χ4n) is 2.06. The molecule has 1 aliphatic rings. The van der Waals surface area contributed by atoms with E-state index in [1.807, 2.05) is 0 Å². The number of thioether (sulfide) groups is 1. The van der Waals surface area contributed by atoms with Gasteiger partial charge in [0.2, 0.25) is 0 Å². The van der Waals surface area contributed by atoms with Crippen LogP contribution in [-0.4, -0.2) is 29.5 Å². The summed E-state index contributed by atoms with van der Waals surface area (Å²) in [5.74, 6) is 0.803. The smallest absolute Gasteiger partial charge is 0.0765 e. The summed E-state index contributed by atoms with van der Waals surface area (Å²) in [5.41, 5.74) is 2.18. The van der Waals surface area contributed by atoms with E-state index in [4.69, 9.17) is 0 Å². The molecule has 0 aliphatic carbocycles. The lowest BCUT2D eigenvalue weighted by atomic mass is 9.95. The zero-order chi connectivity index (χ0) is 12.3. The molecule has 94 valence electrons. The summed E-state index contributed by atoms with van der Waals surface area (Å²) in [5, 5.41) is 13.7. The third kappa shape index (κ3) is 3.47. The topological polar surface area (TPSA) is 32.3 Å². The molecule has 3 heteroatoms. The Morgan fingerprint density at radius 1 is 1.24 bits per heavy atom. The molecule has 0 bridgehead atoms. The van der Waals surface area contributed by atoms with Gasteiger partial charge in [0, 0.05) is 10.6 Å². The van der Waals surface area contributed by atoms with Gasteiger partial charge in [-0.3, -0.25) is 0 Å². The van der Waals surface area contributed by atoms with E-state index in [-0.39, 0.29) is 0 Å². The summed E-state index contributed by atoms with van der Waals surface area (Å²) in [4.78, 5) is 1.26. The van der Waals surface area contributed by atoms with Crippen LogP contribution in [0.2, 0.25) is 0 Å². The molecule has 1 fully saturated rings. The normalized spacial score (nSPS) is 19.2. The van der Waals surface area contributed by atoms with Gasteiger partial charge >= 0.3 is 0 Å². The molecule has 17 heavy (non-hydrogen) atoms. The summed E-state index contributed by atoms with van der Waals surface area (Å²) in [7, 11) is 0. The van der Waals surface area contributed by atoms with Crippen molar-refractivity contribution in [1.82, 2.24) is 5.32 Å².